The van der Waals surface area contributed by atoms with Crippen molar-refractivity contribution in [3.05, 3.63) is 89.3 Å². The van der Waals surface area contributed by atoms with Crippen molar-refractivity contribution in [1.82, 2.24) is 0 Å². The zero-order valence-electron chi connectivity index (χ0n) is 18.2. The lowest BCUT2D eigenvalue weighted by atomic mass is 9.77. The number of carbonyl (C=O) groups is 2. The van der Waals surface area contributed by atoms with Crippen LogP contribution in [-0.4, -0.2) is 27.3 Å². The van der Waals surface area contributed by atoms with Gasteiger partial charge in [0, 0.05) is 14.5 Å². The van der Waals surface area contributed by atoms with Crippen LogP contribution < -0.4 is 0 Å². The van der Waals surface area contributed by atoms with Gasteiger partial charge in [0.05, 0.1) is 22.3 Å². The second kappa shape index (κ2) is 7.88. The average Bonchev–Trinajstić information content (AvgIpc) is 3.02. The molecular weight excluding hydrogens is 556 g/mol. The molecule has 0 fully saturated rings. The minimum absolute atomic E-state index is 0.0599. The fraction of sp³-hybridized carbons (Fsp3) is 0.200. The number of phenolic OH excluding ortho intramolecular Hbond substituents is 2. The van der Waals surface area contributed by atoms with Crippen LogP contribution >= 0.6 is 31.9 Å². The maximum Gasteiger partial charge on any atom is 0.340 e. The number of halogens is 2. The number of rotatable bonds is 3. The van der Waals surface area contributed by atoms with Crippen molar-refractivity contribution >= 4 is 43.8 Å². The van der Waals surface area contributed by atoms with E-state index >= 15 is 0 Å². The number of carboxylic acid groups (broad SMARTS) is 1. The lowest BCUT2D eigenvalue weighted by molar-refractivity contribution is 0.0235. The molecule has 1 aliphatic rings. The van der Waals surface area contributed by atoms with E-state index in [4.69, 9.17) is 4.74 Å². The highest BCUT2D eigenvalue weighted by Gasteiger charge is 2.54. The first kappa shape index (κ1) is 23.3. The highest BCUT2D eigenvalue weighted by Crippen LogP contribution is 2.57. The average molecular weight is 576 g/mol. The van der Waals surface area contributed by atoms with Crippen molar-refractivity contribution in [3.63, 3.8) is 0 Å². The van der Waals surface area contributed by atoms with Gasteiger partial charge in [0.15, 0.2) is 5.60 Å². The Bertz CT molecular complexity index is 1310. The van der Waals surface area contributed by atoms with Gasteiger partial charge < -0.3 is 20.1 Å². The van der Waals surface area contributed by atoms with Gasteiger partial charge >= 0.3 is 11.9 Å². The Morgan fingerprint density at radius 1 is 0.879 bits per heavy atom. The first-order chi connectivity index (χ1) is 15.4. The summed E-state index contributed by atoms with van der Waals surface area (Å²) < 4.78 is 6.98. The van der Waals surface area contributed by atoms with Crippen molar-refractivity contribution in [1.29, 1.82) is 0 Å². The number of ether oxygens (including phenoxy) is 1. The van der Waals surface area contributed by atoms with Crippen molar-refractivity contribution in [2.75, 3.05) is 0 Å². The molecule has 6 nitrogen and oxygen atoms in total. The van der Waals surface area contributed by atoms with Crippen molar-refractivity contribution in [3.8, 4) is 11.5 Å². The van der Waals surface area contributed by atoms with E-state index in [0.29, 0.717) is 8.95 Å². The predicted octanol–water partition coefficient (Wildman–Crippen LogP) is 6.02. The number of aryl methyl sites for hydroxylation is 2. The van der Waals surface area contributed by atoms with E-state index in [1.807, 2.05) is 27.7 Å². The third-order valence-electron chi connectivity index (χ3n) is 6.31. The molecule has 0 atom stereocenters. The molecule has 0 amide bonds. The van der Waals surface area contributed by atoms with Crippen LogP contribution in [-0.2, 0) is 10.3 Å². The summed E-state index contributed by atoms with van der Waals surface area (Å²) in [4.78, 5) is 24.9. The summed E-state index contributed by atoms with van der Waals surface area (Å²) in [5, 5.41) is 31.9. The molecule has 0 saturated heterocycles. The van der Waals surface area contributed by atoms with Gasteiger partial charge in [-0.2, -0.15) is 0 Å². The van der Waals surface area contributed by atoms with Gasteiger partial charge in [-0.25, -0.2) is 9.59 Å². The molecule has 8 heteroatoms. The fourth-order valence-electron chi connectivity index (χ4n) is 4.28. The van der Waals surface area contributed by atoms with Crippen LogP contribution in [0.3, 0.4) is 0 Å². The van der Waals surface area contributed by atoms with Crippen molar-refractivity contribution in [2.24, 2.45) is 0 Å². The molecule has 0 unspecified atom stereocenters. The van der Waals surface area contributed by atoms with E-state index in [9.17, 15) is 24.9 Å². The number of phenols is 2. The number of cyclic esters (lactones) is 1. The predicted molar refractivity (Wildman–Crippen MR) is 129 cm³/mol. The van der Waals surface area contributed by atoms with Gasteiger partial charge in [-0.15, -0.1) is 0 Å². The third-order valence-corrected chi connectivity index (χ3v) is 8.30. The van der Waals surface area contributed by atoms with Gasteiger partial charge in [0.2, 0.25) is 0 Å². The lowest BCUT2D eigenvalue weighted by Crippen LogP contribution is -2.31. The monoisotopic (exact) mass is 574 g/mol. The second-order valence-corrected chi connectivity index (χ2v) is 9.78. The molecule has 0 saturated carbocycles. The molecule has 0 radical (unpaired) electrons. The van der Waals surface area contributed by atoms with E-state index in [1.165, 1.54) is 18.2 Å². The number of esters is 1. The Morgan fingerprint density at radius 2 is 1.36 bits per heavy atom. The second-order valence-electron chi connectivity index (χ2n) is 8.19. The van der Waals surface area contributed by atoms with Gasteiger partial charge in [0.1, 0.15) is 11.5 Å². The first-order valence-electron chi connectivity index (χ1n) is 10.0. The molecule has 3 N–H and O–H groups in total. The molecule has 1 aliphatic heterocycles. The number of fused-ring (bicyclic) bond motifs is 1. The van der Waals surface area contributed by atoms with Crippen molar-refractivity contribution < 1.29 is 29.6 Å². The molecule has 33 heavy (non-hydrogen) atoms. The number of hydrogen-bond acceptors (Lipinski definition) is 5. The van der Waals surface area contributed by atoms with Gasteiger partial charge in [-0.3, -0.25) is 0 Å². The van der Waals surface area contributed by atoms with Gasteiger partial charge in [-0.1, -0.05) is 0 Å². The number of carboxylic acids is 1. The van der Waals surface area contributed by atoms with Crippen LogP contribution in [0.15, 0.2) is 39.3 Å². The van der Waals surface area contributed by atoms with Crippen LogP contribution in [0.1, 0.15) is 59.7 Å². The van der Waals surface area contributed by atoms with E-state index in [2.05, 4.69) is 31.9 Å². The number of aromatic hydroxyl groups is 2. The Labute approximate surface area is 207 Å². The zero-order chi connectivity index (χ0) is 24.4. The van der Waals surface area contributed by atoms with Crippen LogP contribution in [0.4, 0.5) is 0 Å². The molecule has 3 aromatic carbocycles. The molecule has 0 aromatic heterocycles. The van der Waals surface area contributed by atoms with E-state index in [-0.39, 0.29) is 39.3 Å². The largest absolute Gasteiger partial charge is 0.507 e. The van der Waals surface area contributed by atoms with E-state index in [0.717, 1.165) is 22.3 Å². The molecule has 4 rings (SSSR count). The molecule has 1 heterocycles. The van der Waals surface area contributed by atoms with E-state index < -0.39 is 17.5 Å². The van der Waals surface area contributed by atoms with Crippen LogP contribution in [0.2, 0.25) is 0 Å². The molecule has 170 valence electrons. The molecule has 0 aliphatic carbocycles. The van der Waals surface area contributed by atoms with Gasteiger partial charge in [-0.05, 0) is 112 Å². The number of aromatic carboxylic acids is 1. The maximum atomic E-state index is 13.1. The normalized spacial score (nSPS) is 14.2. The number of carbonyl (C=O) groups excluding carboxylic acids is 1. The summed E-state index contributed by atoms with van der Waals surface area (Å²) in [6.45, 7) is 7.35. The van der Waals surface area contributed by atoms with Crippen LogP contribution in [0.25, 0.3) is 0 Å². The Balaban J connectivity index is 2.27. The summed E-state index contributed by atoms with van der Waals surface area (Å²) in [5.74, 6) is -2.22. The highest BCUT2D eigenvalue weighted by atomic mass is 79.9. The minimum atomic E-state index is -1.82. The Hall–Kier alpha value is -2.84. The third kappa shape index (κ3) is 3.27. The number of benzene rings is 3. The fourth-order valence-corrected chi connectivity index (χ4v) is 5.87. The first-order valence-corrected chi connectivity index (χ1v) is 11.6. The molecule has 0 spiro atoms. The molecule has 3 aromatic rings. The lowest BCUT2D eigenvalue weighted by Gasteiger charge is -2.34. The Kier molecular flexibility index (Phi) is 5.57. The van der Waals surface area contributed by atoms with Crippen LogP contribution in [0, 0.1) is 27.7 Å². The molecule has 0 bridgehead atoms. The minimum Gasteiger partial charge on any atom is -0.507 e. The summed E-state index contributed by atoms with van der Waals surface area (Å²) in [7, 11) is 0. The van der Waals surface area contributed by atoms with E-state index in [1.54, 1.807) is 12.1 Å². The number of hydrogen-bond donors (Lipinski definition) is 3. The molecular formula is C25H20Br2O6. The summed E-state index contributed by atoms with van der Waals surface area (Å²) in [6, 6.07) is 7.17. The SMILES string of the molecule is Cc1cc(O)c(C2(c3c(O)cc(C)c(C)c3Br)OC(=O)c3ccc(C(=O)O)cc32)c(Br)c1C. The maximum absolute atomic E-state index is 13.1. The summed E-state index contributed by atoms with van der Waals surface area (Å²) in [5.41, 5.74) is 2.05. The van der Waals surface area contributed by atoms with Gasteiger partial charge in [0.25, 0.3) is 0 Å². The summed E-state index contributed by atoms with van der Waals surface area (Å²) in [6.07, 6.45) is 0. The quantitative estimate of drug-likeness (QED) is 0.330. The smallest absolute Gasteiger partial charge is 0.340 e. The highest BCUT2D eigenvalue weighted by molar-refractivity contribution is 9.11. The zero-order valence-corrected chi connectivity index (χ0v) is 21.4. The van der Waals surface area contributed by atoms with Crippen LogP contribution in [0.5, 0.6) is 11.5 Å². The van der Waals surface area contributed by atoms with Crippen molar-refractivity contribution in [2.45, 2.75) is 33.3 Å². The standard InChI is InChI=1S/C25H20Br2O6/c1-10-7-17(28)19(21(26)12(10)3)25(20-18(29)8-11(2)13(4)22(20)27)16-9-14(23(30)31)5-6-15(16)24(32)33-25/h5-9,28-29H,1-4H3,(H,30,31). The Morgan fingerprint density at radius 3 is 1.82 bits per heavy atom. The topological polar surface area (TPSA) is 104 Å². The summed E-state index contributed by atoms with van der Waals surface area (Å²) >= 11 is 7.12.